The first-order valence-corrected chi connectivity index (χ1v) is 5.53. The molecule has 0 spiro atoms. The number of benzene rings is 1. The molecule has 1 unspecified atom stereocenters. The third-order valence-electron chi connectivity index (χ3n) is 1.59. The number of carbonyl (C=O) groups is 1. The van der Waals surface area contributed by atoms with Gasteiger partial charge in [-0.3, -0.25) is 0 Å². The summed E-state index contributed by atoms with van der Waals surface area (Å²) in [4.78, 5) is 11.0. The van der Waals surface area contributed by atoms with Crippen LogP contribution in [-0.2, 0) is 10.0 Å². The molecule has 0 aliphatic heterocycles. The molecule has 14 heavy (non-hydrogen) atoms. The Morgan fingerprint density at radius 3 is 2.64 bits per heavy atom. The second-order valence-corrected chi connectivity index (χ2v) is 4.15. The van der Waals surface area contributed by atoms with E-state index >= 15 is 0 Å². The van der Waals surface area contributed by atoms with Gasteiger partial charge in [0.1, 0.15) is 21.3 Å². The Balaban J connectivity index is 3.27. The molecule has 0 radical (unpaired) electrons. The number of methoxy groups -OCH3 is 1. The van der Waals surface area contributed by atoms with Gasteiger partial charge in [-0.05, 0) is 28.9 Å². The molecule has 1 N–H and O–H groups in total. The summed E-state index contributed by atoms with van der Waals surface area (Å²) < 4.78 is 15.7. The molecule has 1 aromatic rings. The summed E-state index contributed by atoms with van der Waals surface area (Å²) in [6.07, 6.45) is 0. The third kappa shape index (κ3) is 2.24. The molecule has 0 amide bonds. The lowest BCUT2D eigenvalue weighted by Gasteiger charge is -2.04. The highest BCUT2D eigenvalue weighted by atomic mass is 35.7. The second kappa shape index (κ2) is 4.43. The van der Waals surface area contributed by atoms with Crippen LogP contribution in [-0.4, -0.2) is 22.4 Å². The van der Waals surface area contributed by atoms with Gasteiger partial charge in [0.05, 0.1) is 12.0 Å². The van der Waals surface area contributed by atoms with Crippen LogP contribution >= 0.6 is 10.7 Å². The predicted molar refractivity (Wildman–Crippen MR) is 52.2 cm³/mol. The summed E-state index contributed by atoms with van der Waals surface area (Å²) in [5, 5.41) is 8.78. The Kier molecular flexibility index (Phi) is 3.49. The predicted octanol–water partition coefficient (Wildman–Crippen LogP) is 1.65. The van der Waals surface area contributed by atoms with Gasteiger partial charge in [0, 0.05) is 0 Å². The molecule has 0 bridgehead atoms. The van der Waals surface area contributed by atoms with Crippen molar-refractivity contribution in [3.05, 3.63) is 23.8 Å². The Hall–Kier alpha value is -1.07. The van der Waals surface area contributed by atoms with Crippen LogP contribution in [0.4, 0.5) is 0 Å². The van der Waals surface area contributed by atoms with Gasteiger partial charge in [-0.25, -0.2) is 9.00 Å². The van der Waals surface area contributed by atoms with Crippen LogP contribution in [0.25, 0.3) is 0 Å². The van der Waals surface area contributed by atoms with Crippen LogP contribution in [0.2, 0.25) is 0 Å². The molecular weight excluding hydrogens is 228 g/mol. The average Bonchev–Trinajstić information content (AvgIpc) is 2.16. The third-order valence-corrected chi connectivity index (χ3v) is 2.75. The summed E-state index contributed by atoms with van der Waals surface area (Å²) >= 11 is 0. The molecule has 1 atom stereocenters. The first-order valence-electron chi connectivity index (χ1n) is 3.55. The van der Waals surface area contributed by atoms with E-state index in [4.69, 9.17) is 20.5 Å². The number of aromatic carboxylic acids is 1. The second-order valence-electron chi connectivity index (χ2n) is 2.39. The van der Waals surface area contributed by atoms with Crippen LogP contribution in [0.5, 0.6) is 5.75 Å². The van der Waals surface area contributed by atoms with Crippen molar-refractivity contribution in [2.24, 2.45) is 0 Å². The number of carboxylic acids is 1. The normalized spacial score (nSPS) is 12.1. The van der Waals surface area contributed by atoms with Crippen molar-refractivity contribution in [2.45, 2.75) is 4.90 Å². The topological polar surface area (TPSA) is 63.6 Å². The van der Waals surface area contributed by atoms with Crippen LogP contribution in [0.1, 0.15) is 10.4 Å². The Labute approximate surface area is 87.4 Å². The van der Waals surface area contributed by atoms with E-state index in [9.17, 15) is 9.00 Å². The molecule has 6 heteroatoms. The van der Waals surface area contributed by atoms with E-state index in [0.29, 0.717) is 0 Å². The summed E-state index contributed by atoms with van der Waals surface area (Å²) in [6, 6.07) is 4.09. The molecule has 1 aromatic carbocycles. The Morgan fingerprint density at radius 1 is 1.57 bits per heavy atom. The molecular formula is C8H7ClO4S. The van der Waals surface area contributed by atoms with Crippen LogP contribution in [0, 0.1) is 0 Å². The van der Waals surface area contributed by atoms with Gasteiger partial charge < -0.3 is 9.84 Å². The van der Waals surface area contributed by atoms with Crippen LogP contribution < -0.4 is 4.74 Å². The zero-order valence-corrected chi connectivity index (χ0v) is 8.76. The van der Waals surface area contributed by atoms with E-state index < -0.39 is 16.0 Å². The standard InChI is InChI=1S/C8H7ClO4S/c1-13-7-3-2-5(14(9)12)4-6(7)8(10)11/h2-4H,1H3,(H,10,11). The minimum absolute atomic E-state index is 0.0565. The summed E-state index contributed by atoms with van der Waals surface area (Å²) in [5.74, 6) is -0.936. The zero-order valence-electron chi connectivity index (χ0n) is 7.19. The van der Waals surface area contributed by atoms with Crippen molar-refractivity contribution in [3.63, 3.8) is 0 Å². The number of hydrogen-bond donors (Lipinski definition) is 1. The van der Waals surface area contributed by atoms with Crippen molar-refractivity contribution in [2.75, 3.05) is 7.11 Å². The van der Waals surface area contributed by atoms with E-state index in [-0.39, 0.29) is 16.2 Å². The minimum atomic E-state index is -1.71. The van der Waals surface area contributed by atoms with E-state index in [1.807, 2.05) is 0 Å². The first-order chi connectivity index (χ1) is 6.56. The average molecular weight is 235 g/mol. The van der Waals surface area contributed by atoms with Gasteiger partial charge in [0.25, 0.3) is 0 Å². The first kappa shape index (κ1) is 11.0. The van der Waals surface area contributed by atoms with Crippen LogP contribution in [0.15, 0.2) is 23.1 Å². The quantitative estimate of drug-likeness (QED) is 0.808. The van der Waals surface area contributed by atoms with Gasteiger partial charge in [-0.15, -0.1) is 0 Å². The van der Waals surface area contributed by atoms with E-state index in [1.165, 1.54) is 25.3 Å². The lowest BCUT2D eigenvalue weighted by molar-refractivity contribution is 0.0693. The fourth-order valence-electron chi connectivity index (χ4n) is 0.954. The monoisotopic (exact) mass is 234 g/mol. The van der Waals surface area contributed by atoms with Crippen molar-refractivity contribution >= 4 is 26.7 Å². The van der Waals surface area contributed by atoms with Crippen molar-refractivity contribution < 1.29 is 18.8 Å². The maximum atomic E-state index is 10.9. The SMILES string of the molecule is COc1ccc(S(=O)Cl)cc1C(=O)O. The van der Waals surface area contributed by atoms with Crippen molar-refractivity contribution in [1.82, 2.24) is 0 Å². The maximum absolute atomic E-state index is 10.9. The van der Waals surface area contributed by atoms with E-state index in [2.05, 4.69) is 0 Å². The molecule has 76 valence electrons. The Morgan fingerprint density at radius 2 is 2.21 bits per heavy atom. The fourth-order valence-corrected chi connectivity index (χ4v) is 1.63. The molecule has 0 heterocycles. The summed E-state index contributed by atoms with van der Waals surface area (Å²) in [6.45, 7) is 0. The summed E-state index contributed by atoms with van der Waals surface area (Å²) in [7, 11) is 4.96. The molecule has 0 fully saturated rings. The number of rotatable bonds is 3. The van der Waals surface area contributed by atoms with Gasteiger partial charge in [-0.2, -0.15) is 0 Å². The van der Waals surface area contributed by atoms with Gasteiger partial charge >= 0.3 is 5.97 Å². The molecule has 0 aliphatic carbocycles. The summed E-state index contributed by atoms with van der Waals surface area (Å²) in [5.41, 5.74) is -0.0565. The number of ether oxygens (including phenoxy) is 1. The zero-order chi connectivity index (χ0) is 10.7. The highest BCUT2D eigenvalue weighted by Gasteiger charge is 2.13. The van der Waals surface area contributed by atoms with Gasteiger partial charge in [-0.1, -0.05) is 0 Å². The van der Waals surface area contributed by atoms with E-state index in [1.54, 1.807) is 0 Å². The van der Waals surface area contributed by atoms with Crippen LogP contribution in [0.3, 0.4) is 0 Å². The number of halogens is 1. The largest absolute Gasteiger partial charge is 0.496 e. The lowest BCUT2D eigenvalue weighted by atomic mass is 10.2. The van der Waals surface area contributed by atoms with Gasteiger partial charge in [0.15, 0.2) is 0 Å². The number of hydrogen-bond acceptors (Lipinski definition) is 3. The van der Waals surface area contributed by atoms with Gasteiger partial charge in [0.2, 0.25) is 0 Å². The van der Waals surface area contributed by atoms with Crippen molar-refractivity contribution in [1.29, 1.82) is 0 Å². The maximum Gasteiger partial charge on any atom is 0.339 e. The highest BCUT2D eigenvalue weighted by molar-refractivity contribution is 8.08. The van der Waals surface area contributed by atoms with Crippen molar-refractivity contribution in [3.8, 4) is 5.75 Å². The molecule has 1 rings (SSSR count). The minimum Gasteiger partial charge on any atom is -0.496 e. The molecule has 0 aromatic heterocycles. The molecule has 0 saturated carbocycles. The molecule has 0 aliphatic rings. The fraction of sp³-hybridized carbons (Fsp3) is 0.125. The molecule has 4 nitrogen and oxygen atoms in total. The Bertz CT molecular complexity index is 391. The lowest BCUT2D eigenvalue weighted by Crippen LogP contribution is -2.01. The van der Waals surface area contributed by atoms with E-state index in [0.717, 1.165) is 0 Å². The molecule has 0 saturated heterocycles. The highest BCUT2D eigenvalue weighted by Crippen LogP contribution is 2.22. The number of carboxylic acid groups (broad SMARTS) is 1. The smallest absolute Gasteiger partial charge is 0.339 e.